The summed E-state index contributed by atoms with van der Waals surface area (Å²) in [5.74, 6) is 0.505. The first-order chi connectivity index (χ1) is 6.21. The van der Waals surface area contributed by atoms with Crippen LogP contribution in [0, 0.1) is 0 Å². The van der Waals surface area contributed by atoms with Crippen LogP contribution in [0.1, 0.15) is 31.2 Å². The van der Waals surface area contributed by atoms with Gasteiger partial charge in [-0.1, -0.05) is 18.9 Å². The highest BCUT2D eigenvalue weighted by atomic mass is 16.3. The molecule has 0 radical (unpaired) electrons. The number of nitrogens with zero attached hydrogens (tertiary/aromatic N) is 1. The quantitative estimate of drug-likeness (QED) is 0.683. The van der Waals surface area contributed by atoms with Crippen LogP contribution in [0.15, 0.2) is 18.3 Å². The lowest BCUT2D eigenvalue weighted by Gasteiger charge is -2.21. The van der Waals surface area contributed by atoms with Crippen LogP contribution in [0.2, 0.25) is 0 Å². The Bertz CT molecular complexity index is 288. The molecule has 3 heteroatoms. The molecule has 1 aliphatic carbocycles. The molecule has 70 valence electrons. The third kappa shape index (κ3) is 1.52. The van der Waals surface area contributed by atoms with Crippen molar-refractivity contribution in [2.45, 2.75) is 31.3 Å². The molecular weight excluding hydrogens is 164 g/mol. The Hall–Kier alpha value is -1.09. The van der Waals surface area contributed by atoms with E-state index in [9.17, 15) is 5.11 Å². The molecule has 0 aromatic carbocycles. The van der Waals surface area contributed by atoms with Gasteiger partial charge in [0.15, 0.2) is 0 Å². The highest BCUT2D eigenvalue weighted by Crippen LogP contribution is 2.38. The van der Waals surface area contributed by atoms with E-state index >= 15 is 0 Å². The first-order valence-corrected chi connectivity index (χ1v) is 4.65. The second-order valence-electron chi connectivity index (χ2n) is 3.71. The summed E-state index contributed by atoms with van der Waals surface area (Å²) in [6, 6.07) is 3.61. The first kappa shape index (κ1) is 8.51. The molecule has 0 aliphatic heterocycles. The van der Waals surface area contributed by atoms with Crippen LogP contribution in [0.4, 0.5) is 5.82 Å². The summed E-state index contributed by atoms with van der Waals surface area (Å²) in [6.07, 6.45) is 5.57. The minimum absolute atomic E-state index is 0.505. The van der Waals surface area contributed by atoms with E-state index in [1.54, 1.807) is 12.3 Å². The van der Waals surface area contributed by atoms with Crippen LogP contribution in [0.3, 0.4) is 0 Å². The molecule has 0 saturated heterocycles. The maximum atomic E-state index is 10.2. The number of nitrogen functional groups attached to an aromatic ring is 1. The average molecular weight is 178 g/mol. The molecule has 3 nitrogen and oxygen atoms in total. The Balaban J connectivity index is 2.29. The second kappa shape index (κ2) is 3.00. The van der Waals surface area contributed by atoms with Crippen molar-refractivity contribution in [2.24, 2.45) is 0 Å². The van der Waals surface area contributed by atoms with Gasteiger partial charge in [-0.05, 0) is 18.9 Å². The number of aromatic nitrogens is 1. The molecule has 1 heterocycles. The maximum Gasteiger partial charge on any atom is 0.123 e. The summed E-state index contributed by atoms with van der Waals surface area (Å²) < 4.78 is 0. The van der Waals surface area contributed by atoms with Gasteiger partial charge in [-0.2, -0.15) is 0 Å². The molecule has 1 saturated carbocycles. The summed E-state index contributed by atoms with van der Waals surface area (Å²) >= 11 is 0. The third-order valence-electron chi connectivity index (χ3n) is 2.75. The lowest BCUT2D eigenvalue weighted by atomic mass is 9.94. The summed E-state index contributed by atoms with van der Waals surface area (Å²) in [4.78, 5) is 3.99. The van der Waals surface area contributed by atoms with Gasteiger partial charge in [0.2, 0.25) is 0 Å². The summed E-state index contributed by atoms with van der Waals surface area (Å²) in [5, 5.41) is 10.2. The van der Waals surface area contributed by atoms with Gasteiger partial charge in [0.1, 0.15) is 5.82 Å². The standard InChI is InChI=1S/C10H14N2O/c11-9-4-3-8(7-12-9)10(13)5-1-2-6-10/h3-4,7,13H,1-2,5-6H2,(H2,11,12). The SMILES string of the molecule is Nc1ccc(C2(O)CCCC2)cn1. The van der Waals surface area contributed by atoms with Crippen molar-refractivity contribution < 1.29 is 5.11 Å². The van der Waals surface area contributed by atoms with E-state index in [1.807, 2.05) is 6.07 Å². The summed E-state index contributed by atoms with van der Waals surface area (Å²) in [7, 11) is 0. The van der Waals surface area contributed by atoms with Gasteiger partial charge in [-0.15, -0.1) is 0 Å². The zero-order valence-electron chi connectivity index (χ0n) is 7.53. The summed E-state index contributed by atoms with van der Waals surface area (Å²) in [5.41, 5.74) is 5.74. The van der Waals surface area contributed by atoms with Crippen molar-refractivity contribution in [1.82, 2.24) is 4.98 Å². The topological polar surface area (TPSA) is 59.1 Å². The van der Waals surface area contributed by atoms with E-state index in [0.29, 0.717) is 5.82 Å². The fourth-order valence-corrected chi connectivity index (χ4v) is 1.93. The number of nitrogens with two attached hydrogens (primary N) is 1. The average Bonchev–Trinajstić information content (AvgIpc) is 2.54. The lowest BCUT2D eigenvalue weighted by Crippen LogP contribution is -2.20. The van der Waals surface area contributed by atoms with Gasteiger partial charge >= 0.3 is 0 Å². The van der Waals surface area contributed by atoms with Crippen LogP contribution in [-0.2, 0) is 5.60 Å². The molecule has 3 N–H and O–H groups in total. The van der Waals surface area contributed by atoms with Gasteiger partial charge in [-0.25, -0.2) is 4.98 Å². The van der Waals surface area contributed by atoms with E-state index in [1.165, 1.54) is 0 Å². The number of hydrogen-bond acceptors (Lipinski definition) is 3. The maximum absolute atomic E-state index is 10.2. The molecule has 1 aromatic heterocycles. The first-order valence-electron chi connectivity index (χ1n) is 4.65. The van der Waals surface area contributed by atoms with E-state index in [4.69, 9.17) is 5.73 Å². The Morgan fingerprint density at radius 3 is 2.54 bits per heavy atom. The van der Waals surface area contributed by atoms with E-state index in [-0.39, 0.29) is 0 Å². The van der Waals surface area contributed by atoms with Crippen molar-refractivity contribution >= 4 is 5.82 Å². The molecule has 2 rings (SSSR count). The molecule has 1 fully saturated rings. The summed E-state index contributed by atoms with van der Waals surface area (Å²) in [6.45, 7) is 0. The molecule has 0 unspecified atom stereocenters. The number of pyridine rings is 1. The predicted molar refractivity (Wildman–Crippen MR) is 51.0 cm³/mol. The minimum Gasteiger partial charge on any atom is -0.385 e. The highest BCUT2D eigenvalue weighted by Gasteiger charge is 2.32. The van der Waals surface area contributed by atoms with Gasteiger partial charge in [-0.3, -0.25) is 0 Å². The zero-order chi connectivity index (χ0) is 9.31. The van der Waals surface area contributed by atoms with Crippen LogP contribution in [0.5, 0.6) is 0 Å². The smallest absolute Gasteiger partial charge is 0.123 e. The van der Waals surface area contributed by atoms with Gasteiger partial charge in [0, 0.05) is 11.8 Å². The molecule has 0 amide bonds. The molecule has 13 heavy (non-hydrogen) atoms. The fraction of sp³-hybridized carbons (Fsp3) is 0.500. The van der Waals surface area contributed by atoms with Gasteiger partial charge in [0.25, 0.3) is 0 Å². The normalized spacial score (nSPS) is 20.4. The molecule has 0 atom stereocenters. The highest BCUT2D eigenvalue weighted by molar-refractivity contribution is 5.32. The largest absolute Gasteiger partial charge is 0.385 e. The fourth-order valence-electron chi connectivity index (χ4n) is 1.93. The Kier molecular flexibility index (Phi) is 1.96. The van der Waals surface area contributed by atoms with Gasteiger partial charge < -0.3 is 10.8 Å². The van der Waals surface area contributed by atoms with Crippen molar-refractivity contribution in [2.75, 3.05) is 5.73 Å². The second-order valence-corrected chi connectivity index (χ2v) is 3.71. The van der Waals surface area contributed by atoms with E-state index in [0.717, 1.165) is 31.2 Å². The zero-order valence-corrected chi connectivity index (χ0v) is 7.53. The van der Waals surface area contributed by atoms with Crippen molar-refractivity contribution in [3.63, 3.8) is 0 Å². The van der Waals surface area contributed by atoms with Crippen LogP contribution >= 0.6 is 0 Å². The van der Waals surface area contributed by atoms with Gasteiger partial charge in [0.05, 0.1) is 5.60 Å². The van der Waals surface area contributed by atoms with Crippen LogP contribution < -0.4 is 5.73 Å². The van der Waals surface area contributed by atoms with Crippen LogP contribution in [0.25, 0.3) is 0 Å². The molecule has 1 aliphatic rings. The third-order valence-corrected chi connectivity index (χ3v) is 2.75. The minimum atomic E-state index is -0.638. The monoisotopic (exact) mass is 178 g/mol. The molecule has 0 spiro atoms. The Labute approximate surface area is 77.6 Å². The number of hydrogen-bond donors (Lipinski definition) is 2. The number of aliphatic hydroxyl groups is 1. The van der Waals surface area contributed by atoms with Crippen molar-refractivity contribution in [3.8, 4) is 0 Å². The molecular formula is C10H14N2O. The Morgan fingerprint density at radius 1 is 1.31 bits per heavy atom. The van der Waals surface area contributed by atoms with Crippen molar-refractivity contribution in [3.05, 3.63) is 23.9 Å². The number of rotatable bonds is 1. The lowest BCUT2D eigenvalue weighted by molar-refractivity contribution is 0.0441. The van der Waals surface area contributed by atoms with E-state index in [2.05, 4.69) is 4.98 Å². The van der Waals surface area contributed by atoms with E-state index < -0.39 is 5.60 Å². The van der Waals surface area contributed by atoms with Crippen molar-refractivity contribution in [1.29, 1.82) is 0 Å². The molecule has 1 aromatic rings. The number of anilines is 1. The van der Waals surface area contributed by atoms with Crippen LogP contribution in [-0.4, -0.2) is 10.1 Å². The molecule has 0 bridgehead atoms. The predicted octanol–water partition coefficient (Wildman–Crippen LogP) is 1.43. The Morgan fingerprint density at radius 2 is 2.00 bits per heavy atom.